The highest BCUT2D eigenvalue weighted by Crippen LogP contribution is 2.33. The molecule has 13 heavy (non-hydrogen) atoms. The molecule has 1 aliphatic rings. The molecule has 0 bridgehead atoms. The zero-order valence-corrected chi connectivity index (χ0v) is 8.41. The Morgan fingerprint density at radius 1 is 1.23 bits per heavy atom. The van der Waals surface area contributed by atoms with E-state index >= 15 is 0 Å². The third-order valence-electron chi connectivity index (χ3n) is 2.94. The summed E-state index contributed by atoms with van der Waals surface area (Å²) in [4.78, 5) is 0. The predicted molar refractivity (Wildman–Crippen MR) is 50.2 cm³/mol. The van der Waals surface area contributed by atoms with Gasteiger partial charge in [0, 0.05) is 0 Å². The van der Waals surface area contributed by atoms with Gasteiger partial charge in [0.15, 0.2) is 0 Å². The first-order chi connectivity index (χ1) is 5.85. The SMILES string of the molecule is CC(C)=C1CC(O)C(C)(O)C(O)C1. The fourth-order valence-corrected chi connectivity index (χ4v) is 1.59. The molecule has 3 nitrogen and oxygen atoms in total. The van der Waals surface area contributed by atoms with E-state index in [0.717, 1.165) is 11.1 Å². The fourth-order valence-electron chi connectivity index (χ4n) is 1.59. The second kappa shape index (κ2) is 3.40. The van der Waals surface area contributed by atoms with Gasteiger partial charge in [-0.15, -0.1) is 0 Å². The van der Waals surface area contributed by atoms with Crippen LogP contribution in [0.25, 0.3) is 0 Å². The zero-order valence-electron chi connectivity index (χ0n) is 8.41. The molecule has 0 saturated heterocycles. The summed E-state index contributed by atoms with van der Waals surface area (Å²) in [6.07, 6.45) is -0.791. The van der Waals surface area contributed by atoms with E-state index in [2.05, 4.69) is 0 Å². The molecule has 0 radical (unpaired) electrons. The van der Waals surface area contributed by atoms with Crippen LogP contribution in [0, 0.1) is 0 Å². The highest BCUT2D eigenvalue weighted by molar-refractivity contribution is 5.18. The lowest BCUT2D eigenvalue weighted by molar-refractivity contribution is -0.145. The van der Waals surface area contributed by atoms with Crippen LogP contribution < -0.4 is 0 Å². The monoisotopic (exact) mass is 186 g/mol. The number of aliphatic hydroxyl groups is 3. The maximum atomic E-state index is 9.69. The number of rotatable bonds is 0. The van der Waals surface area contributed by atoms with E-state index in [1.54, 1.807) is 0 Å². The Hall–Kier alpha value is -0.380. The summed E-state index contributed by atoms with van der Waals surface area (Å²) in [5.74, 6) is 0. The first-order valence-electron chi connectivity index (χ1n) is 4.59. The van der Waals surface area contributed by atoms with Gasteiger partial charge in [0.1, 0.15) is 5.60 Å². The lowest BCUT2D eigenvalue weighted by atomic mass is 9.77. The molecule has 0 amide bonds. The van der Waals surface area contributed by atoms with Gasteiger partial charge in [-0.2, -0.15) is 0 Å². The fraction of sp³-hybridized carbons (Fsp3) is 0.800. The number of aliphatic hydroxyl groups excluding tert-OH is 2. The average Bonchev–Trinajstić information content (AvgIpc) is 2.00. The van der Waals surface area contributed by atoms with Gasteiger partial charge in [0.25, 0.3) is 0 Å². The van der Waals surface area contributed by atoms with Gasteiger partial charge in [-0.1, -0.05) is 11.1 Å². The topological polar surface area (TPSA) is 60.7 Å². The molecule has 0 aliphatic heterocycles. The van der Waals surface area contributed by atoms with Crippen LogP contribution >= 0.6 is 0 Å². The largest absolute Gasteiger partial charge is 0.390 e. The third kappa shape index (κ3) is 1.93. The summed E-state index contributed by atoms with van der Waals surface area (Å²) < 4.78 is 0. The lowest BCUT2D eigenvalue weighted by Gasteiger charge is -2.39. The van der Waals surface area contributed by atoms with Crippen LogP contribution in [-0.2, 0) is 0 Å². The van der Waals surface area contributed by atoms with E-state index in [4.69, 9.17) is 0 Å². The van der Waals surface area contributed by atoms with Crippen LogP contribution in [0.1, 0.15) is 33.6 Å². The van der Waals surface area contributed by atoms with E-state index in [9.17, 15) is 15.3 Å². The molecular formula is C10H18O3. The maximum Gasteiger partial charge on any atom is 0.114 e. The summed E-state index contributed by atoms with van der Waals surface area (Å²) in [5.41, 5.74) is 0.805. The summed E-state index contributed by atoms with van der Waals surface area (Å²) in [7, 11) is 0. The van der Waals surface area contributed by atoms with Gasteiger partial charge in [0.2, 0.25) is 0 Å². The van der Waals surface area contributed by atoms with Gasteiger partial charge in [-0.3, -0.25) is 0 Å². The molecule has 1 fully saturated rings. The lowest BCUT2D eigenvalue weighted by Crippen LogP contribution is -2.53. The molecule has 1 saturated carbocycles. The van der Waals surface area contributed by atoms with Crippen LogP contribution in [0.5, 0.6) is 0 Å². The van der Waals surface area contributed by atoms with E-state index in [-0.39, 0.29) is 0 Å². The average molecular weight is 186 g/mol. The smallest absolute Gasteiger partial charge is 0.114 e. The Bertz CT molecular complexity index is 210. The first-order valence-corrected chi connectivity index (χ1v) is 4.59. The molecule has 76 valence electrons. The molecule has 1 aliphatic carbocycles. The second-order valence-electron chi connectivity index (χ2n) is 4.27. The molecule has 1 rings (SSSR count). The maximum absolute atomic E-state index is 9.69. The van der Waals surface area contributed by atoms with Crippen molar-refractivity contribution in [3.8, 4) is 0 Å². The summed E-state index contributed by atoms with van der Waals surface area (Å²) in [5, 5.41) is 28.9. The molecule has 0 aromatic rings. The minimum atomic E-state index is -1.36. The molecule has 3 heteroatoms. The van der Waals surface area contributed by atoms with Crippen LogP contribution in [0.2, 0.25) is 0 Å². The van der Waals surface area contributed by atoms with Crippen molar-refractivity contribution in [3.63, 3.8) is 0 Å². The molecule has 2 atom stereocenters. The third-order valence-corrected chi connectivity index (χ3v) is 2.94. The van der Waals surface area contributed by atoms with Crippen molar-refractivity contribution in [1.82, 2.24) is 0 Å². The Balaban J connectivity index is 2.86. The molecule has 0 spiro atoms. The molecule has 3 N–H and O–H groups in total. The molecule has 0 aromatic heterocycles. The van der Waals surface area contributed by atoms with Crippen LogP contribution in [0.3, 0.4) is 0 Å². The van der Waals surface area contributed by atoms with Crippen molar-refractivity contribution in [3.05, 3.63) is 11.1 Å². The van der Waals surface area contributed by atoms with Crippen molar-refractivity contribution in [2.24, 2.45) is 0 Å². The molecule has 2 unspecified atom stereocenters. The van der Waals surface area contributed by atoms with E-state index in [1.165, 1.54) is 6.92 Å². The highest BCUT2D eigenvalue weighted by Gasteiger charge is 2.42. The Morgan fingerprint density at radius 2 is 1.62 bits per heavy atom. The van der Waals surface area contributed by atoms with Crippen molar-refractivity contribution in [2.75, 3.05) is 0 Å². The molecule has 0 aromatic carbocycles. The van der Waals surface area contributed by atoms with Crippen LogP contribution in [-0.4, -0.2) is 33.1 Å². The van der Waals surface area contributed by atoms with Crippen LogP contribution in [0.4, 0.5) is 0 Å². The van der Waals surface area contributed by atoms with Crippen molar-refractivity contribution in [1.29, 1.82) is 0 Å². The number of allylic oxidation sites excluding steroid dienone is 1. The van der Waals surface area contributed by atoms with Gasteiger partial charge < -0.3 is 15.3 Å². The summed E-state index contributed by atoms with van der Waals surface area (Å²) in [6, 6.07) is 0. The summed E-state index contributed by atoms with van der Waals surface area (Å²) >= 11 is 0. The minimum Gasteiger partial charge on any atom is -0.390 e. The summed E-state index contributed by atoms with van der Waals surface area (Å²) in [6.45, 7) is 5.38. The zero-order chi connectivity index (χ0) is 10.2. The quantitative estimate of drug-likeness (QED) is 0.485. The minimum absolute atomic E-state index is 0.465. The second-order valence-corrected chi connectivity index (χ2v) is 4.27. The van der Waals surface area contributed by atoms with Crippen LogP contribution in [0.15, 0.2) is 11.1 Å². The Morgan fingerprint density at radius 3 is 1.92 bits per heavy atom. The van der Waals surface area contributed by atoms with E-state index < -0.39 is 17.8 Å². The van der Waals surface area contributed by atoms with Gasteiger partial charge in [-0.05, 0) is 33.6 Å². The Labute approximate surface area is 78.7 Å². The van der Waals surface area contributed by atoms with Gasteiger partial charge >= 0.3 is 0 Å². The Kier molecular flexibility index (Phi) is 2.80. The molecule has 0 heterocycles. The number of hydrogen-bond donors (Lipinski definition) is 3. The predicted octanol–water partition coefficient (Wildman–Crippen LogP) is 0.589. The highest BCUT2D eigenvalue weighted by atomic mass is 16.4. The van der Waals surface area contributed by atoms with E-state index in [1.807, 2.05) is 13.8 Å². The molecular weight excluding hydrogens is 168 g/mol. The van der Waals surface area contributed by atoms with Gasteiger partial charge in [-0.25, -0.2) is 0 Å². The number of hydrogen-bond acceptors (Lipinski definition) is 3. The van der Waals surface area contributed by atoms with Crippen molar-refractivity contribution in [2.45, 2.75) is 51.4 Å². The standard InChI is InChI=1S/C10H18O3/c1-6(2)7-4-8(11)10(3,13)9(12)5-7/h8-9,11-13H,4-5H2,1-3H3. The normalized spacial score (nSPS) is 40.6. The van der Waals surface area contributed by atoms with Crippen molar-refractivity contribution < 1.29 is 15.3 Å². The van der Waals surface area contributed by atoms with Crippen molar-refractivity contribution >= 4 is 0 Å². The van der Waals surface area contributed by atoms with Gasteiger partial charge in [0.05, 0.1) is 12.2 Å². The first kappa shape index (κ1) is 10.7. The van der Waals surface area contributed by atoms with E-state index in [0.29, 0.717) is 12.8 Å².